The molecule has 1 rings (SSSR count). The maximum Gasteiger partial charge on any atom is 0.197 e. The van der Waals surface area contributed by atoms with Crippen molar-refractivity contribution in [3.05, 3.63) is 30.3 Å². The Morgan fingerprint density at radius 3 is 2.00 bits per heavy atom. The number of oxime groups is 2. The van der Waals surface area contributed by atoms with Crippen LogP contribution in [0.25, 0.3) is 0 Å². The van der Waals surface area contributed by atoms with Crippen LogP contribution in [0, 0.1) is 0 Å². The highest BCUT2D eigenvalue weighted by Gasteiger charge is 2.28. The Balaban J connectivity index is 3.32. The molecular formula is C13H19N3O2. The van der Waals surface area contributed by atoms with Gasteiger partial charge in [-0.15, -0.1) is 0 Å². The van der Waals surface area contributed by atoms with E-state index in [4.69, 9.17) is 5.21 Å². The van der Waals surface area contributed by atoms with Crippen LogP contribution in [0.4, 0.5) is 5.69 Å². The predicted molar refractivity (Wildman–Crippen MR) is 72.8 cm³/mol. The molecule has 0 spiro atoms. The smallest absolute Gasteiger partial charge is 0.197 e. The summed E-state index contributed by atoms with van der Waals surface area (Å²) in [4.78, 5) is 1.81. The quantitative estimate of drug-likeness (QED) is 0.366. The van der Waals surface area contributed by atoms with E-state index in [1.165, 1.54) is 0 Å². The largest absolute Gasteiger partial charge is 0.411 e. The van der Waals surface area contributed by atoms with Gasteiger partial charge in [0.2, 0.25) is 0 Å². The van der Waals surface area contributed by atoms with Crippen LogP contribution in [0.2, 0.25) is 0 Å². The minimum Gasteiger partial charge on any atom is -0.411 e. The molecule has 1 aromatic rings. The zero-order chi connectivity index (χ0) is 13.8. The van der Waals surface area contributed by atoms with Gasteiger partial charge in [0.1, 0.15) is 5.71 Å². The summed E-state index contributed by atoms with van der Waals surface area (Å²) in [6, 6.07) is 9.51. The summed E-state index contributed by atoms with van der Waals surface area (Å²) in [5.41, 5.74) is 0.784. The van der Waals surface area contributed by atoms with Gasteiger partial charge < -0.3 is 15.3 Å². The summed E-state index contributed by atoms with van der Waals surface area (Å²) in [7, 11) is 0. The molecule has 5 heteroatoms. The lowest BCUT2D eigenvalue weighted by molar-refractivity contribution is 0.312. The maximum absolute atomic E-state index is 9.18. The van der Waals surface area contributed by atoms with Crippen LogP contribution in [0.3, 0.4) is 0 Å². The summed E-state index contributed by atoms with van der Waals surface area (Å²) in [6.45, 7) is 7.53. The molecule has 0 aliphatic heterocycles. The first-order valence-corrected chi connectivity index (χ1v) is 5.68. The van der Waals surface area contributed by atoms with Crippen molar-refractivity contribution in [3.8, 4) is 0 Å². The number of nitrogens with zero attached hydrogens (tertiary/aromatic N) is 3. The average Bonchev–Trinajstić information content (AvgIpc) is 2.34. The van der Waals surface area contributed by atoms with Crippen LogP contribution in [-0.2, 0) is 0 Å². The summed E-state index contributed by atoms with van der Waals surface area (Å²) >= 11 is 0. The molecule has 0 radical (unpaired) electrons. The molecule has 98 valence electrons. The molecule has 18 heavy (non-hydrogen) atoms. The Labute approximate surface area is 107 Å². The van der Waals surface area contributed by atoms with Crippen molar-refractivity contribution in [2.45, 2.75) is 33.2 Å². The monoisotopic (exact) mass is 249 g/mol. The Hall–Kier alpha value is -2.04. The lowest BCUT2D eigenvalue weighted by Crippen LogP contribution is -2.48. The highest BCUT2D eigenvalue weighted by Crippen LogP contribution is 2.24. The third-order valence-electron chi connectivity index (χ3n) is 2.47. The minimum absolute atomic E-state index is 0.219. The summed E-state index contributed by atoms with van der Waals surface area (Å²) in [5, 5.41) is 24.4. The molecule has 0 amide bonds. The first-order chi connectivity index (χ1) is 8.41. The van der Waals surface area contributed by atoms with Crippen molar-refractivity contribution in [1.29, 1.82) is 0 Å². The number of anilines is 1. The van der Waals surface area contributed by atoms with Crippen molar-refractivity contribution in [2.24, 2.45) is 10.3 Å². The van der Waals surface area contributed by atoms with Gasteiger partial charge >= 0.3 is 0 Å². The summed E-state index contributed by atoms with van der Waals surface area (Å²) < 4.78 is 0. The van der Waals surface area contributed by atoms with Crippen molar-refractivity contribution in [3.63, 3.8) is 0 Å². The van der Waals surface area contributed by atoms with E-state index in [1.54, 1.807) is 6.92 Å². The molecule has 2 N–H and O–H groups in total. The van der Waals surface area contributed by atoms with E-state index in [9.17, 15) is 5.21 Å². The van der Waals surface area contributed by atoms with E-state index < -0.39 is 0 Å². The Kier molecular flexibility index (Phi) is 4.31. The van der Waals surface area contributed by atoms with Gasteiger partial charge in [0.05, 0.1) is 0 Å². The number of benzene rings is 1. The third kappa shape index (κ3) is 3.00. The van der Waals surface area contributed by atoms with E-state index >= 15 is 0 Å². The van der Waals surface area contributed by atoms with Crippen LogP contribution in [0.15, 0.2) is 40.6 Å². The SMILES string of the molecule is CC(=N/O)/C(=N/O)N(c1ccccc1)C(C)(C)C. The Morgan fingerprint density at radius 1 is 1.06 bits per heavy atom. The molecule has 0 aromatic heterocycles. The van der Waals surface area contributed by atoms with E-state index in [0.29, 0.717) is 0 Å². The lowest BCUT2D eigenvalue weighted by Gasteiger charge is -2.37. The Morgan fingerprint density at radius 2 is 1.61 bits per heavy atom. The fraction of sp³-hybridized carbons (Fsp3) is 0.385. The fourth-order valence-electron chi connectivity index (χ4n) is 1.73. The maximum atomic E-state index is 9.18. The second kappa shape index (κ2) is 5.53. The number of rotatable bonds is 2. The number of hydrogen-bond donors (Lipinski definition) is 2. The summed E-state index contributed by atoms with van der Waals surface area (Å²) in [6.07, 6.45) is 0. The molecule has 0 bridgehead atoms. The van der Waals surface area contributed by atoms with Crippen molar-refractivity contribution >= 4 is 17.2 Å². The highest BCUT2D eigenvalue weighted by atomic mass is 16.4. The van der Waals surface area contributed by atoms with Gasteiger partial charge in [-0.1, -0.05) is 28.5 Å². The minimum atomic E-state index is -0.325. The normalized spacial score (nSPS) is 13.6. The lowest BCUT2D eigenvalue weighted by atomic mass is 10.0. The van der Waals surface area contributed by atoms with Gasteiger partial charge in [0.25, 0.3) is 0 Å². The second-order valence-corrected chi connectivity index (χ2v) is 4.95. The van der Waals surface area contributed by atoms with Crippen LogP contribution in [-0.4, -0.2) is 27.5 Å². The molecule has 0 saturated carbocycles. The van der Waals surface area contributed by atoms with Gasteiger partial charge in [0.15, 0.2) is 5.84 Å². The molecule has 0 aliphatic rings. The highest BCUT2D eigenvalue weighted by molar-refractivity contribution is 6.45. The first kappa shape index (κ1) is 14.0. The van der Waals surface area contributed by atoms with Crippen molar-refractivity contribution in [1.82, 2.24) is 0 Å². The predicted octanol–water partition coefficient (Wildman–Crippen LogP) is 2.93. The van der Waals surface area contributed by atoms with Gasteiger partial charge in [0, 0.05) is 11.2 Å². The molecule has 0 saturated heterocycles. The molecule has 0 heterocycles. The van der Waals surface area contributed by atoms with Gasteiger partial charge in [-0.05, 0) is 39.8 Å². The van der Waals surface area contributed by atoms with Crippen LogP contribution in [0.5, 0.6) is 0 Å². The van der Waals surface area contributed by atoms with Gasteiger partial charge in [-0.25, -0.2) is 0 Å². The first-order valence-electron chi connectivity index (χ1n) is 5.68. The van der Waals surface area contributed by atoms with Crippen LogP contribution < -0.4 is 4.90 Å². The Bertz CT molecular complexity index is 447. The van der Waals surface area contributed by atoms with Gasteiger partial charge in [-0.2, -0.15) is 0 Å². The number of para-hydroxylation sites is 1. The van der Waals surface area contributed by atoms with Crippen LogP contribution in [0.1, 0.15) is 27.7 Å². The zero-order valence-corrected chi connectivity index (χ0v) is 11.1. The molecule has 1 aromatic carbocycles. The summed E-state index contributed by atoms with van der Waals surface area (Å²) in [5.74, 6) is 0.219. The van der Waals surface area contributed by atoms with E-state index in [1.807, 2.05) is 56.0 Å². The van der Waals surface area contributed by atoms with E-state index in [-0.39, 0.29) is 17.1 Å². The number of hydrogen-bond acceptors (Lipinski definition) is 4. The van der Waals surface area contributed by atoms with Crippen LogP contribution >= 0.6 is 0 Å². The van der Waals surface area contributed by atoms with Gasteiger partial charge in [-0.3, -0.25) is 0 Å². The average molecular weight is 249 g/mol. The van der Waals surface area contributed by atoms with Crippen molar-refractivity contribution in [2.75, 3.05) is 4.90 Å². The fourth-order valence-corrected chi connectivity index (χ4v) is 1.73. The topological polar surface area (TPSA) is 68.4 Å². The standard InChI is InChI=1S/C13H19N3O2/c1-10(14-17)12(15-18)16(13(2,3)4)11-8-6-5-7-9-11/h5-9,17-18H,1-4H3/b14-10-,15-12-. The molecule has 0 atom stereocenters. The van der Waals surface area contributed by atoms with E-state index in [2.05, 4.69) is 10.3 Å². The molecule has 5 nitrogen and oxygen atoms in total. The number of amidine groups is 1. The molecule has 0 fully saturated rings. The third-order valence-corrected chi connectivity index (χ3v) is 2.47. The molecule has 0 aliphatic carbocycles. The molecule has 0 unspecified atom stereocenters. The zero-order valence-electron chi connectivity index (χ0n) is 11.1. The molecular weight excluding hydrogens is 230 g/mol. The van der Waals surface area contributed by atoms with E-state index in [0.717, 1.165) is 5.69 Å². The second-order valence-electron chi connectivity index (χ2n) is 4.95. The van der Waals surface area contributed by atoms with Crippen molar-refractivity contribution < 1.29 is 10.4 Å².